The van der Waals surface area contributed by atoms with Crippen LogP contribution in [0, 0.1) is 5.92 Å². The summed E-state index contributed by atoms with van der Waals surface area (Å²) in [6.07, 6.45) is 5.90. The topological polar surface area (TPSA) is 85.1 Å². The zero-order valence-electron chi connectivity index (χ0n) is 17.6. The van der Waals surface area contributed by atoms with E-state index in [2.05, 4.69) is 27.4 Å². The lowest BCUT2D eigenvalue weighted by Crippen LogP contribution is -2.67. The summed E-state index contributed by atoms with van der Waals surface area (Å²) in [5.74, 6) is 0.885. The molecule has 31 heavy (non-hydrogen) atoms. The number of phenols is 1. The van der Waals surface area contributed by atoms with Crippen LogP contribution in [0.4, 0.5) is 4.39 Å². The lowest BCUT2D eigenvalue weighted by atomic mass is 9.71. The Balaban J connectivity index is 1.32. The van der Waals surface area contributed by atoms with Crippen LogP contribution in [0.15, 0.2) is 49.1 Å². The van der Waals surface area contributed by atoms with E-state index >= 15 is 4.39 Å². The number of benzene rings is 1. The Bertz CT molecular complexity index is 1050. The first-order valence-electron chi connectivity index (χ1n) is 10.7. The molecule has 5 rings (SSSR count). The fourth-order valence-corrected chi connectivity index (χ4v) is 5.13. The van der Waals surface area contributed by atoms with E-state index in [4.69, 9.17) is 4.74 Å². The van der Waals surface area contributed by atoms with Crippen molar-refractivity contribution in [3.8, 4) is 28.6 Å². The van der Waals surface area contributed by atoms with Gasteiger partial charge in [0.25, 0.3) is 0 Å². The third kappa shape index (κ3) is 3.76. The van der Waals surface area contributed by atoms with Crippen molar-refractivity contribution in [2.75, 3.05) is 0 Å². The molecule has 0 saturated carbocycles. The van der Waals surface area contributed by atoms with Crippen LogP contribution in [0.25, 0.3) is 16.9 Å². The number of rotatable bonds is 4. The molecule has 2 N–H and O–H groups in total. The first-order chi connectivity index (χ1) is 14.9. The quantitative estimate of drug-likeness (QED) is 0.666. The average molecular weight is 423 g/mol. The molecule has 7 nitrogen and oxygen atoms in total. The summed E-state index contributed by atoms with van der Waals surface area (Å²) >= 11 is 0. The molecular weight excluding hydrogens is 397 g/mol. The minimum Gasteiger partial charge on any atom is -0.507 e. The maximum atomic E-state index is 15.2. The molecule has 2 aliphatic heterocycles. The first-order valence-corrected chi connectivity index (χ1v) is 10.7. The van der Waals surface area contributed by atoms with Crippen LogP contribution >= 0.6 is 0 Å². The molecule has 8 heteroatoms. The molecule has 3 aromatic rings. The van der Waals surface area contributed by atoms with E-state index in [0.29, 0.717) is 29.5 Å². The molecule has 2 saturated heterocycles. The van der Waals surface area contributed by atoms with E-state index in [0.717, 1.165) is 18.5 Å². The van der Waals surface area contributed by atoms with E-state index in [9.17, 15) is 5.11 Å². The lowest BCUT2D eigenvalue weighted by molar-refractivity contribution is -0.0461. The number of fused-ring (bicyclic) bond motifs is 2. The fraction of sp³-hybridized carbons (Fsp3) is 0.435. The van der Waals surface area contributed by atoms with Crippen molar-refractivity contribution in [3.05, 3.63) is 49.1 Å². The summed E-state index contributed by atoms with van der Waals surface area (Å²) in [5, 5.41) is 22.3. The van der Waals surface area contributed by atoms with Crippen LogP contribution < -0.4 is 10.1 Å². The molecule has 0 radical (unpaired) electrons. The van der Waals surface area contributed by atoms with Crippen LogP contribution in [0.1, 0.15) is 33.1 Å². The summed E-state index contributed by atoms with van der Waals surface area (Å²) in [5.41, 5.74) is 1.30. The van der Waals surface area contributed by atoms with Gasteiger partial charge in [-0.25, -0.2) is 9.37 Å². The number of alkyl halides is 1. The van der Waals surface area contributed by atoms with Gasteiger partial charge >= 0.3 is 0 Å². The van der Waals surface area contributed by atoms with E-state index < -0.39 is 17.8 Å². The van der Waals surface area contributed by atoms with Gasteiger partial charge in [-0.2, -0.15) is 0 Å². The number of piperidine rings is 2. The van der Waals surface area contributed by atoms with Gasteiger partial charge in [0.2, 0.25) is 5.88 Å². The number of halogens is 1. The predicted molar refractivity (Wildman–Crippen MR) is 114 cm³/mol. The van der Waals surface area contributed by atoms with Crippen LogP contribution in [0.3, 0.4) is 0 Å². The van der Waals surface area contributed by atoms with Crippen LogP contribution in [-0.2, 0) is 0 Å². The van der Waals surface area contributed by atoms with Crippen molar-refractivity contribution in [2.45, 2.75) is 57.0 Å². The summed E-state index contributed by atoms with van der Waals surface area (Å²) in [4.78, 5) is 4.01. The highest BCUT2D eigenvalue weighted by atomic mass is 19.1. The number of aromatic hydroxyl groups is 1. The van der Waals surface area contributed by atoms with Crippen LogP contribution in [0.5, 0.6) is 11.6 Å². The van der Waals surface area contributed by atoms with Crippen molar-refractivity contribution in [3.63, 3.8) is 0 Å². The highest BCUT2D eigenvalue weighted by molar-refractivity contribution is 5.68. The van der Waals surface area contributed by atoms with Crippen molar-refractivity contribution in [1.29, 1.82) is 0 Å². The second-order valence-corrected chi connectivity index (χ2v) is 9.03. The number of aromatic nitrogens is 4. The summed E-state index contributed by atoms with van der Waals surface area (Å²) in [6.45, 7) is 4.13. The Labute approximate surface area is 180 Å². The van der Waals surface area contributed by atoms with E-state index in [1.54, 1.807) is 47.6 Å². The van der Waals surface area contributed by atoms with E-state index in [1.807, 2.05) is 13.0 Å². The molecule has 0 aliphatic carbocycles. The average Bonchev–Trinajstić information content (AvgIpc) is 3.27. The SMILES string of the molecule is CC1C[C@H]2C[C@H](Oc3ccc(-c4ccc(-n5ccnc5)cc4O)nn3)[C@@H](F)[C@@](C)(C1)N2. The van der Waals surface area contributed by atoms with Gasteiger partial charge in [0.05, 0.1) is 23.2 Å². The molecule has 5 atom stereocenters. The van der Waals surface area contributed by atoms with Gasteiger partial charge in [-0.3, -0.25) is 0 Å². The number of hydrogen-bond acceptors (Lipinski definition) is 6. The second kappa shape index (κ2) is 7.60. The van der Waals surface area contributed by atoms with Gasteiger partial charge in [-0.15, -0.1) is 10.2 Å². The number of ether oxygens (including phenoxy) is 1. The Kier molecular flexibility index (Phi) is 4.89. The largest absolute Gasteiger partial charge is 0.507 e. The molecular formula is C23H26FN5O2. The van der Waals surface area contributed by atoms with Gasteiger partial charge in [0.15, 0.2) is 6.17 Å². The minimum atomic E-state index is -1.12. The van der Waals surface area contributed by atoms with E-state index in [-0.39, 0.29) is 11.8 Å². The Hall–Kier alpha value is -3.00. The van der Waals surface area contributed by atoms with Gasteiger partial charge in [0, 0.05) is 42.6 Å². The zero-order valence-corrected chi connectivity index (χ0v) is 17.6. The van der Waals surface area contributed by atoms with Crippen molar-refractivity contribution >= 4 is 0 Å². The molecule has 2 fully saturated rings. The van der Waals surface area contributed by atoms with Crippen molar-refractivity contribution < 1.29 is 14.2 Å². The van der Waals surface area contributed by atoms with Crippen LogP contribution in [0.2, 0.25) is 0 Å². The van der Waals surface area contributed by atoms with Gasteiger partial charge in [-0.1, -0.05) is 6.92 Å². The molecule has 0 spiro atoms. The standard InChI is InChI=1S/C23H26FN5O2/c1-14-9-15-10-20(22(24)23(2,12-14)26-15)31-21-6-5-18(27-28-21)17-4-3-16(11-19(17)30)29-8-7-25-13-29/h3-8,11,13-15,20,22,26,30H,9-10,12H2,1-2H3/t14?,15-,20-,22+,23+/m0/s1. The predicted octanol–water partition coefficient (Wildman–Crippen LogP) is 3.67. The van der Waals surface area contributed by atoms with Crippen molar-refractivity contribution in [1.82, 2.24) is 25.1 Å². The molecule has 1 aromatic carbocycles. The minimum absolute atomic E-state index is 0.0891. The molecule has 1 unspecified atom stereocenters. The number of hydrogen-bond donors (Lipinski definition) is 2. The normalized spacial score (nSPS) is 30.2. The third-order valence-corrected chi connectivity index (χ3v) is 6.42. The highest BCUT2D eigenvalue weighted by Gasteiger charge is 2.50. The Morgan fingerprint density at radius 3 is 2.81 bits per heavy atom. The third-order valence-electron chi connectivity index (χ3n) is 6.42. The van der Waals surface area contributed by atoms with Gasteiger partial charge < -0.3 is 19.7 Å². The maximum Gasteiger partial charge on any atom is 0.233 e. The second-order valence-electron chi connectivity index (χ2n) is 9.03. The highest BCUT2D eigenvalue weighted by Crippen LogP contribution is 2.40. The number of phenolic OH excluding ortho intramolecular Hbond substituents is 1. The number of nitrogens with one attached hydrogen (secondary N) is 1. The monoisotopic (exact) mass is 423 g/mol. The number of imidazole rings is 1. The first kappa shape index (κ1) is 19.9. The smallest absolute Gasteiger partial charge is 0.233 e. The maximum absolute atomic E-state index is 15.2. The van der Waals surface area contributed by atoms with Gasteiger partial charge in [0.1, 0.15) is 11.9 Å². The lowest BCUT2D eigenvalue weighted by Gasteiger charge is -2.51. The fourth-order valence-electron chi connectivity index (χ4n) is 5.13. The molecule has 2 bridgehead atoms. The van der Waals surface area contributed by atoms with E-state index in [1.165, 1.54) is 0 Å². The molecule has 162 valence electrons. The Morgan fingerprint density at radius 2 is 2.10 bits per heavy atom. The molecule has 0 amide bonds. The number of nitrogens with zero attached hydrogens (tertiary/aromatic N) is 4. The zero-order chi connectivity index (χ0) is 21.6. The molecule has 2 aliphatic rings. The van der Waals surface area contributed by atoms with Crippen molar-refractivity contribution in [2.24, 2.45) is 5.92 Å². The van der Waals surface area contributed by atoms with Crippen LogP contribution in [-0.4, -0.2) is 48.7 Å². The molecule has 2 aromatic heterocycles. The summed E-state index contributed by atoms with van der Waals surface area (Å²) in [6, 6.07) is 8.96. The van der Waals surface area contributed by atoms with Gasteiger partial charge in [-0.05, 0) is 43.9 Å². The summed E-state index contributed by atoms with van der Waals surface area (Å²) in [7, 11) is 0. The molecule has 4 heterocycles. The summed E-state index contributed by atoms with van der Waals surface area (Å²) < 4.78 is 23.0. The Morgan fingerprint density at radius 1 is 1.23 bits per heavy atom.